The van der Waals surface area contributed by atoms with Gasteiger partial charge in [0.25, 0.3) is 0 Å². The van der Waals surface area contributed by atoms with Crippen molar-refractivity contribution in [2.24, 2.45) is 0 Å². The van der Waals surface area contributed by atoms with E-state index in [4.69, 9.17) is 4.74 Å². The molecule has 0 heterocycles. The molecular weight excluding hydrogens is 368 g/mol. The number of carbonyl (C=O) groups excluding carboxylic acids is 1. The molecule has 0 saturated heterocycles. The Labute approximate surface area is 172 Å². The van der Waals surface area contributed by atoms with E-state index in [0.717, 1.165) is 18.4 Å². The first kappa shape index (κ1) is 22.5. The van der Waals surface area contributed by atoms with E-state index in [9.17, 15) is 19.8 Å². The number of aryl methyl sites for hydroxylation is 2. The fourth-order valence-corrected chi connectivity index (χ4v) is 3.34. The lowest BCUT2D eigenvalue weighted by Gasteiger charge is -2.12. The molecule has 0 saturated carbocycles. The summed E-state index contributed by atoms with van der Waals surface area (Å²) in [6, 6.07) is 10.2. The zero-order chi connectivity index (χ0) is 21.2. The molecule has 0 spiro atoms. The molecule has 0 aliphatic heterocycles. The lowest BCUT2D eigenvalue weighted by Crippen LogP contribution is -2.06. The Bertz CT molecular complexity index is 841. The summed E-state index contributed by atoms with van der Waals surface area (Å²) in [6.07, 6.45) is 6.73. The van der Waals surface area contributed by atoms with Gasteiger partial charge in [-0.1, -0.05) is 50.8 Å². The number of phenols is 1. The predicted molar refractivity (Wildman–Crippen MR) is 113 cm³/mol. The summed E-state index contributed by atoms with van der Waals surface area (Å²) in [5.41, 5.74) is 1.97. The number of aromatic hydroxyl groups is 1. The first-order valence-corrected chi connectivity index (χ1v) is 10.2. The monoisotopic (exact) mass is 398 g/mol. The SMILES string of the molecule is CCCCCCCOc1ccc(CCc2cccc(O)c2C(=O)O)cc1C(C)=O. The van der Waals surface area contributed by atoms with Gasteiger partial charge < -0.3 is 14.9 Å². The molecule has 0 aliphatic carbocycles. The van der Waals surface area contributed by atoms with E-state index in [1.165, 1.54) is 32.3 Å². The number of ketones is 1. The molecule has 0 fully saturated rings. The van der Waals surface area contributed by atoms with Crippen molar-refractivity contribution in [2.45, 2.75) is 58.8 Å². The average Bonchev–Trinajstić information content (AvgIpc) is 2.69. The third-order valence-corrected chi connectivity index (χ3v) is 4.95. The first-order valence-electron chi connectivity index (χ1n) is 10.2. The van der Waals surface area contributed by atoms with Crippen molar-refractivity contribution in [2.75, 3.05) is 6.61 Å². The van der Waals surface area contributed by atoms with Crippen molar-refractivity contribution in [3.05, 3.63) is 58.7 Å². The minimum Gasteiger partial charge on any atom is -0.507 e. The van der Waals surface area contributed by atoms with Crippen LogP contribution in [0.15, 0.2) is 36.4 Å². The van der Waals surface area contributed by atoms with Gasteiger partial charge in [-0.2, -0.15) is 0 Å². The molecule has 2 rings (SSSR count). The highest BCUT2D eigenvalue weighted by atomic mass is 16.5. The molecule has 0 atom stereocenters. The smallest absolute Gasteiger partial charge is 0.339 e. The number of aromatic carboxylic acids is 1. The van der Waals surface area contributed by atoms with Crippen LogP contribution in [0, 0.1) is 0 Å². The molecule has 5 heteroatoms. The number of Topliss-reactive ketones (excluding diaryl/α,β-unsaturated/α-hetero) is 1. The second-order valence-corrected chi connectivity index (χ2v) is 7.27. The highest BCUT2D eigenvalue weighted by Gasteiger charge is 2.15. The normalized spacial score (nSPS) is 10.7. The van der Waals surface area contributed by atoms with Crippen LogP contribution in [0.1, 0.15) is 77.8 Å². The van der Waals surface area contributed by atoms with Gasteiger partial charge in [0.15, 0.2) is 5.78 Å². The third-order valence-electron chi connectivity index (χ3n) is 4.95. The quantitative estimate of drug-likeness (QED) is 0.368. The minimum atomic E-state index is -1.15. The fourth-order valence-electron chi connectivity index (χ4n) is 3.34. The summed E-state index contributed by atoms with van der Waals surface area (Å²) in [5.74, 6) is -0.843. The van der Waals surface area contributed by atoms with Gasteiger partial charge in [0.05, 0.1) is 12.2 Å². The first-order chi connectivity index (χ1) is 13.9. The van der Waals surface area contributed by atoms with E-state index in [-0.39, 0.29) is 17.1 Å². The van der Waals surface area contributed by atoms with Gasteiger partial charge in [0, 0.05) is 0 Å². The number of hydrogen-bond donors (Lipinski definition) is 2. The van der Waals surface area contributed by atoms with E-state index in [0.29, 0.717) is 36.3 Å². The lowest BCUT2D eigenvalue weighted by atomic mass is 9.97. The maximum absolute atomic E-state index is 12.1. The zero-order valence-corrected chi connectivity index (χ0v) is 17.2. The molecule has 0 aromatic heterocycles. The molecule has 5 nitrogen and oxygen atoms in total. The van der Waals surface area contributed by atoms with Crippen LogP contribution in [0.3, 0.4) is 0 Å². The molecule has 2 aromatic carbocycles. The Morgan fingerprint density at radius 3 is 2.45 bits per heavy atom. The van der Waals surface area contributed by atoms with Crippen LogP contribution in [0.25, 0.3) is 0 Å². The fraction of sp³-hybridized carbons (Fsp3) is 0.417. The van der Waals surface area contributed by atoms with Crippen LogP contribution < -0.4 is 4.74 Å². The van der Waals surface area contributed by atoms with E-state index in [2.05, 4.69) is 6.92 Å². The standard InChI is InChI=1S/C24H30O5/c1-3-4-5-6-7-15-29-22-14-12-18(16-20(22)17(2)25)11-13-19-9-8-10-21(26)23(19)24(27)28/h8-10,12,14,16,26H,3-7,11,13,15H2,1-2H3,(H,27,28). The van der Waals surface area contributed by atoms with Crippen molar-refractivity contribution in [1.29, 1.82) is 0 Å². The number of hydrogen-bond acceptors (Lipinski definition) is 4. The van der Waals surface area contributed by atoms with Crippen LogP contribution in [-0.2, 0) is 12.8 Å². The van der Waals surface area contributed by atoms with E-state index in [1.807, 2.05) is 18.2 Å². The molecule has 29 heavy (non-hydrogen) atoms. The van der Waals surface area contributed by atoms with Crippen LogP contribution >= 0.6 is 0 Å². The molecule has 0 aliphatic rings. The molecule has 0 radical (unpaired) electrons. The number of carboxylic acid groups (broad SMARTS) is 1. The van der Waals surface area contributed by atoms with Crippen molar-refractivity contribution >= 4 is 11.8 Å². The number of ether oxygens (including phenoxy) is 1. The van der Waals surface area contributed by atoms with Gasteiger partial charge in [0.1, 0.15) is 17.1 Å². The highest BCUT2D eigenvalue weighted by Crippen LogP contribution is 2.25. The average molecular weight is 398 g/mol. The minimum absolute atomic E-state index is 0.0589. The topological polar surface area (TPSA) is 83.8 Å². The Morgan fingerprint density at radius 2 is 1.76 bits per heavy atom. The van der Waals surface area contributed by atoms with Crippen LogP contribution in [0.5, 0.6) is 11.5 Å². The maximum Gasteiger partial charge on any atom is 0.339 e. The van der Waals surface area contributed by atoms with E-state index in [1.54, 1.807) is 12.1 Å². The van der Waals surface area contributed by atoms with E-state index >= 15 is 0 Å². The number of unbranched alkanes of at least 4 members (excludes halogenated alkanes) is 4. The van der Waals surface area contributed by atoms with Crippen molar-refractivity contribution in [1.82, 2.24) is 0 Å². The summed E-state index contributed by atoms with van der Waals surface area (Å²) < 4.78 is 5.83. The summed E-state index contributed by atoms with van der Waals surface area (Å²) in [6.45, 7) is 4.29. The molecule has 0 bridgehead atoms. The number of carboxylic acids is 1. The predicted octanol–water partition coefficient (Wildman–Crippen LogP) is 5.43. The summed E-state index contributed by atoms with van der Waals surface area (Å²) in [7, 11) is 0. The summed E-state index contributed by atoms with van der Waals surface area (Å²) >= 11 is 0. The highest BCUT2D eigenvalue weighted by molar-refractivity contribution is 5.97. The van der Waals surface area contributed by atoms with Crippen molar-refractivity contribution in [3.63, 3.8) is 0 Å². The second-order valence-electron chi connectivity index (χ2n) is 7.27. The van der Waals surface area contributed by atoms with Crippen LogP contribution in [0.4, 0.5) is 0 Å². The van der Waals surface area contributed by atoms with Crippen molar-refractivity contribution < 1.29 is 24.5 Å². The third kappa shape index (κ3) is 6.63. The largest absolute Gasteiger partial charge is 0.507 e. The van der Waals surface area contributed by atoms with Crippen LogP contribution in [0.2, 0.25) is 0 Å². The van der Waals surface area contributed by atoms with Gasteiger partial charge in [-0.3, -0.25) is 4.79 Å². The summed E-state index contributed by atoms with van der Waals surface area (Å²) in [5, 5.41) is 19.1. The van der Waals surface area contributed by atoms with Gasteiger partial charge in [-0.15, -0.1) is 0 Å². The number of rotatable bonds is 12. The Balaban J connectivity index is 2.04. The zero-order valence-electron chi connectivity index (χ0n) is 17.2. The summed E-state index contributed by atoms with van der Waals surface area (Å²) in [4.78, 5) is 23.5. The molecule has 2 N–H and O–H groups in total. The molecule has 156 valence electrons. The number of carbonyl (C=O) groups is 2. The van der Waals surface area contributed by atoms with Crippen LogP contribution in [-0.4, -0.2) is 28.6 Å². The Morgan fingerprint density at radius 1 is 1.00 bits per heavy atom. The lowest BCUT2D eigenvalue weighted by molar-refractivity contribution is 0.0692. The van der Waals surface area contributed by atoms with E-state index < -0.39 is 5.97 Å². The molecule has 2 aromatic rings. The molecular formula is C24H30O5. The van der Waals surface area contributed by atoms with Gasteiger partial charge in [-0.05, 0) is 55.5 Å². The number of benzene rings is 2. The molecule has 0 unspecified atom stereocenters. The second kappa shape index (κ2) is 11.2. The van der Waals surface area contributed by atoms with Gasteiger partial charge in [0.2, 0.25) is 0 Å². The van der Waals surface area contributed by atoms with Crippen molar-refractivity contribution in [3.8, 4) is 11.5 Å². The Kier molecular flexibility index (Phi) is 8.71. The Hall–Kier alpha value is -2.82. The van der Waals surface area contributed by atoms with Gasteiger partial charge in [-0.25, -0.2) is 4.79 Å². The van der Waals surface area contributed by atoms with Gasteiger partial charge >= 0.3 is 5.97 Å². The molecule has 0 amide bonds. The maximum atomic E-state index is 12.1.